The zero-order valence-electron chi connectivity index (χ0n) is 10.7. The number of carbonyl (C=O) groups is 1. The number of carbonyl (C=O) groups excluding carboxylic acids is 1. The van der Waals surface area contributed by atoms with Crippen molar-refractivity contribution in [3.63, 3.8) is 0 Å². The Balaban J connectivity index is 1.96. The lowest BCUT2D eigenvalue weighted by Gasteiger charge is -2.40. The SMILES string of the molecule is CC(C)(C#N)N1CCN(C(=O)c2ccco2)CC1. The number of nitriles is 1. The Hall–Kier alpha value is -1.80. The van der Waals surface area contributed by atoms with Gasteiger partial charge < -0.3 is 9.32 Å². The molecule has 5 nitrogen and oxygen atoms in total. The van der Waals surface area contributed by atoms with Crippen LogP contribution in [0.1, 0.15) is 24.4 Å². The third kappa shape index (κ3) is 2.39. The second kappa shape index (κ2) is 4.83. The van der Waals surface area contributed by atoms with Crippen LogP contribution in [0.25, 0.3) is 0 Å². The maximum absolute atomic E-state index is 12.0. The summed E-state index contributed by atoms with van der Waals surface area (Å²) in [4.78, 5) is 15.9. The van der Waals surface area contributed by atoms with E-state index in [1.807, 2.05) is 13.8 Å². The Bertz CT molecular complexity index is 451. The Labute approximate surface area is 107 Å². The van der Waals surface area contributed by atoms with Crippen LogP contribution in [-0.4, -0.2) is 47.4 Å². The molecule has 0 aromatic carbocycles. The normalized spacial score (nSPS) is 17.5. The summed E-state index contributed by atoms with van der Waals surface area (Å²) < 4.78 is 5.11. The van der Waals surface area contributed by atoms with E-state index in [-0.39, 0.29) is 5.91 Å². The average Bonchev–Trinajstić information content (AvgIpc) is 2.92. The van der Waals surface area contributed by atoms with Gasteiger partial charge >= 0.3 is 0 Å². The molecule has 1 amide bonds. The minimum atomic E-state index is -0.472. The van der Waals surface area contributed by atoms with Crippen LogP contribution in [-0.2, 0) is 0 Å². The number of furan rings is 1. The molecule has 2 heterocycles. The van der Waals surface area contributed by atoms with Crippen molar-refractivity contribution < 1.29 is 9.21 Å². The van der Waals surface area contributed by atoms with Crippen LogP contribution in [0, 0.1) is 11.3 Å². The molecule has 1 fully saturated rings. The second-order valence-electron chi connectivity index (χ2n) is 4.93. The van der Waals surface area contributed by atoms with Crippen molar-refractivity contribution in [3.8, 4) is 6.07 Å². The van der Waals surface area contributed by atoms with Crippen LogP contribution in [0.15, 0.2) is 22.8 Å². The molecule has 96 valence electrons. The third-order valence-electron chi connectivity index (χ3n) is 3.36. The van der Waals surface area contributed by atoms with E-state index >= 15 is 0 Å². The van der Waals surface area contributed by atoms with Gasteiger partial charge in [-0.1, -0.05) is 0 Å². The van der Waals surface area contributed by atoms with E-state index < -0.39 is 5.54 Å². The summed E-state index contributed by atoms with van der Waals surface area (Å²) in [7, 11) is 0. The number of piperazine rings is 1. The lowest BCUT2D eigenvalue weighted by molar-refractivity contribution is 0.0494. The Morgan fingerprint density at radius 2 is 2.06 bits per heavy atom. The molecule has 2 rings (SSSR count). The molecule has 1 saturated heterocycles. The van der Waals surface area contributed by atoms with Gasteiger partial charge in [0.2, 0.25) is 0 Å². The number of hydrogen-bond donors (Lipinski definition) is 0. The van der Waals surface area contributed by atoms with Crippen LogP contribution in [0.4, 0.5) is 0 Å². The fourth-order valence-corrected chi connectivity index (χ4v) is 2.10. The Morgan fingerprint density at radius 1 is 1.39 bits per heavy atom. The highest BCUT2D eigenvalue weighted by atomic mass is 16.3. The predicted molar refractivity (Wildman–Crippen MR) is 65.9 cm³/mol. The van der Waals surface area contributed by atoms with Gasteiger partial charge in [-0.05, 0) is 26.0 Å². The minimum Gasteiger partial charge on any atom is -0.459 e. The van der Waals surface area contributed by atoms with Crippen LogP contribution in [0.2, 0.25) is 0 Å². The fraction of sp³-hybridized carbons (Fsp3) is 0.538. The number of rotatable bonds is 2. The first-order valence-corrected chi connectivity index (χ1v) is 6.04. The van der Waals surface area contributed by atoms with Crippen molar-refractivity contribution in [2.24, 2.45) is 0 Å². The smallest absolute Gasteiger partial charge is 0.289 e. The summed E-state index contributed by atoms with van der Waals surface area (Å²) in [5.74, 6) is 0.303. The molecule has 18 heavy (non-hydrogen) atoms. The Morgan fingerprint density at radius 3 is 2.56 bits per heavy atom. The van der Waals surface area contributed by atoms with E-state index in [4.69, 9.17) is 9.68 Å². The van der Waals surface area contributed by atoms with E-state index in [0.717, 1.165) is 0 Å². The molecule has 0 N–H and O–H groups in total. The fourth-order valence-electron chi connectivity index (χ4n) is 2.10. The van der Waals surface area contributed by atoms with E-state index in [0.29, 0.717) is 31.9 Å². The van der Waals surface area contributed by atoms with E-state index in [1.165, 1.54) is 6.26 Å². The molecule has 5 heteroatoms. The zero-order valence-corrected chi connectivity index (χ0v) is 10.7. The maximum Gasteiger partial charge on any atom is 0.289 e. The monoisotopic (exact) mass is 247 g/mol. The molecular weight excluding hydrogens is 230 g/mol. The van der Waals surface area contributed by atoms with Gasteiger partial charge in [-0.15, -0.1) is 0 Å². The number of nitrogens with zero attached hydrogens (tertiary/aromatic N) is 3. The molecule has 1 aliphatic heterocycles. The summed E-state index contributed by atoms with van der Waals surface area (Å²) in [6.45, 7) is 6.49. The molecular formula is C13H17N3O2. The predicted octanol–water partition coefficient (Wildman–Crippen LogP) is 1.34. The van der Waals surface area contributed by atoms with Gasteiger partial charge in [-0.25, -0.2) is 0 Å². The molecule has 0 spiro atoms. The topological polar surface area (TPSA) is 60.5 Å². The van der Waals surface area contributed by atoms with Crippen molar-refractivity contribution in [2.75, 3.05) is 26.2 Å². The summed E-state index contributed by atoms with van der Waals surface area (Å²) >= 11 is 0. The van der Waals surface area contributed by atoms with Crippen molar-refractivity contribution >= 4 is 5.91 Å². The summed E-state index contributed by atoms with van der Waals surface area (Å²) in [5.41, 5.74) is -0.472. The molecule has 1 aromatic heterocycles. The largest absolute Gasteiger partial charge is 0.459 e. The van der Waals surface area contributed by atoms with Gasteiger partial charge in [0.05, 0.1) is 12.3 Å². The quantitative estimate of drug-likeness (QED) is 0.791. The summed E-state index contributed by atoms with van der Waals surface area (Å²) in [5, 5.41) is 9.08. The van der Waals surface area contributed by atoms with Gasteiger partial charge in [0.15, 0.2) is 5.76 Å². The molecule has 0 atom stereocenters. The zero-order chi connectivity index (χ0) is 13.2. The van der Waals surface area contributed by atoms with Gasteiger partial charge in [0.25, 0.3) is 5.91 Å². The van der Waals surface area contributed by atoms with E-state index in [1.54, 1.807) is 17.0 Å². The van der Waals surface area contributed by atoms with Crippen molar-refractivity contribution in [3.05, 3.63) is 24.2 Å². The summed E-state index contributed by atoms with van der Waals surface area (Å²) in [6, 6.07) is 5.67. The van der Waals surface area contributed by atoms with Crippen LogP contribution in [0.3, 0.4) is 0 Å². The van der Waals surface area contributed by atoms with Crippen LogP contribution < -0.4 is 0 Å². The van der Waals surface area contributed by atoms with Crippen molar-refractivity contribution in [1.82, 2.24) is 9.80 Å². The van der Waals surface area contributed by atoms with E-state index in [2.05, 4.69) is 11.0 Å². The Kier molecular flexibility index (Phi) is 3.39. The molecule has 0 saturated carbocycles. The van der Waals surface area contributed by atoms with E-state index in [9.17, 15) is 4.79 Å². The van der Waals surface area contributed by atoms with Crippen molar-refractivity contribution in [2.45, 2.75) is 19.4 Å². The highest BCUT2D eigenvalue weighted by Crippen LogP contribution is 2.17. The minimum absolute atomic E-state index is 0.0746. The second-order valence-corrected chi connectivity index (χ2v) is 4.93. The van der Waals surface area contributed by atoms with Gasteiger partial charge in [-0.2, -0.15) is 5.26 Å². The first kappa shape index (κ1) is 12.7. The lowest BCUT2D eigenvalue weighted by atomic mass is 10.0. The van der Waals surface area contributed by atoms with Crippen LogP contribution >= 0.6 is 0 Å². The average molecular weight is 247 g/mol. The molecule has 0 aliphatic carbocycles. The standard InChI is InChI=1S/C13H17N3O2/c1-13(2,10-14)16-7-5-15(6-8-16)12(17)11-4-3-9-18-11/h3-4,9H,5-8H2,1-2H3. The maximum atomic E-state index is 12.0. The molecule has 1 aromatic rings. The van der Waals surface area contributed by atoms with Gasteiger partial charge in [-0.3, -0.25) is 9.69 Å². The lowest BCUT2D eigenvalue weighted by Crippen LogP contribution is -2.55. The number of amides is 1. The molecule has 0 unspecified atom stereocenters. The highest BCUT2D eigenvalue weighted by molar-refractivity contribution is 5.91. The van der Waals surface area contributed by atoms with Gasteiger partial charge in [0.1, 0.15) is 5.54 Å². The summed E-state index contributed by atoms with van der Waals surface area (Å²) in [6.07, 6.45) is 1.50. The first-order valence-electron chi connectivity index (χ1n) is 6.04. The molecule has 0 radical (unpaired) electrons. The highest BCUT2D eigenvalue weighted by Gasteiger charge is 2.31. The van der Waals surface area contributed by atoms with Gasteiger partial charge in [0, 0.05) is 26.2 Å². The number of hydrogen-bond acceptors (Lipinski definition) is 4. The third-order valence-corrected chi connectivity index (χ3v) is 3.36. The van der Waals surface area contributed by atoms with Crippen molar-refractivity contribution in [1.29, 1.82) is 5.26 Å². The molecule has 1 aliphatic rings. The first-order chi connectivity index (χ1) is 8.54. The van der Waals surface area contributed by atoms with Crippen LogP contribution in [0.5, 0.6) is 0 Å². The molecule has 0 bridgehead atoms.